The Kier molecular flexibility index (Phi) is 8.69. The molecule has 7 heteroatoms. The number of rotatable bonds is 7. The normalized spacial score (nSPS) is 16.1. The summed E-state index contributed by atoms with van der Waals surface area (Å²) in [6, 6.07) is 14.7. The summed E-state index contributed by atoms with van der Waals surface area (Å²) in [6.07, 6.45) is 0.621. The van der Waals surface area contributed by atoms with Crippen LogP contribution in [-0.2, 0) is 29.1 Å². The van der Waals surface area contributed by atoms with Crippen LogP contribution in [0.15, 0.2) is 48.5 Å². The van der Waals surface area contributed by atoms with Crippen molar-refractivity contribution in [2.45, 2.75) is 45.4 Å². The number of halogens is 1. The maximum Gasteiger partial charge on any atom is 0.243 e. The van der Waals surface area contributed by atoms with Gasteiger partial charge in [-0.3, -0.25) is 9.59 Å². The zero-order chi connectivity index (χ0) is 20.8. The van der Waals surface area contributed by atoms with E-state index < -0.39 is 6.04 Å². The summed E-state index contributed by atoms with van der Waals surface area (Å²) >= 11 is 0. The molecule has 2 aromatic rings. The number of hydrogen-bond donors (Lipinski definition) is 3. The highest BCUT2D eigenvalue weighted by Gasteiger charge is 2.29. The van der Waals surface area contributed by atoms with Crippen LogP contribution in [0.1, 0.15) is 30.5 Å². The number of methoxy groups -OCH3 is 1. The van der Waals surface area contributed by atoms with E-state index in [1.54, 1.807) is 7.11 Å². The summed E-state index contributed by atoms with van der Waals surface area (Å²) in [5, 5.41) is 9.13. The Hall–Kier alpha value is -2.57. The average molecular weight is 432 g/mol. The monoisotopic (exact) mass is 431 g/mol. The molecular weight excluding hydrogens is 402 g/mol. The Labute approximate surface area is 184 Å². The van der Waals surface area contributed by atoms with E-state index in [4.69, 9.17) is 4.74 Å². The van der Waals surface area contributed by atoms with Crippen LogP contribution in [0.5, 0.6) is 5.75 Å². The third kappa shape index (κ3) is 5.74. The molecule has 3 N–H and O–H groups in total. The lowest BCUT2D eigenvalue weighted by atomic mass is 9.94. The van der Waals surface area contributed by atoms with Crippen LogP contribution in [-0.4, -0.2) is 31.0 Å². The van der Waals surface area contributed by atoms with Gasteiger partial charge in [0.15, 0.2) is 0 Å². The van der Waals surface area contributed by atoms with Crippen molar-refractivity contribution >= 4 is 24.2 Å². The van der Waals surface area contributed by atoms with Gasteiger partial charge in [0.1, 0.15) is 11.8 Å². The predicted octanol–water partition coefficient (Wildman–Crippen LogP) is 2.59. The Bertz CT molecular complexity index is 872. The number of carbonyl (C=O) groups is 2. The number of benzene rings is 2. The van der Waals surface area contributed by atoms with E-state index in [0.29, 0.717) is 19.5 Å². The van der Waals surface area contributed by atoms with Gasteiger partial charge in [-0.15, -0.1) is 12.4 Å². The molecule has 0 radical (unpaired) electrons. The first-order valence-electron chi connectivity index (χ1n) is 9.99. The number of carbonyl (C=O) groups excluding carboxylic acids is 2. The number of amides is 2. The first kappa shape index (κ1) is 23.7. The molecule has 0 fully saturated rings. The number of nitrogens with one attached hydrogen (secondary N) is 3. The Morgan fingerprint density at radius 2 is 1.77 bits per heavy atom. The maximum atomic E-state index is 12.8. The number of ether oxygens (including phenoxy) is 1. The van der Waals surface area contributed by atoms with E-state index in [1.165, 1.54) is 11.1 Å². The Morgan fingerprint density at radius 1 is 1.10 bits per heavy atom. The van der Waals surface area contributed by atoms with E-state index >= 15 is 0 Å². The molecule has 0 spiro atoms. The second-order valence-electron chi connectivity index (χ2n) is 7.67. The first-order chi connectivity index (χ1) is 14.0. The molecule has 2 atom stereocenters. The highest BCUT2D eigenvalue weighted by molar-refractivity contribution is 5.90. The molecule has 0 unspecified atom stereocenters. The fraction of sp³-hybridized carbons (Fsp3) is 0.391. The molecule has 2 amide bonds. The summed E-state index contributed by atoms with van der Waals surface area (Å²) in [4.78, 5) is 25.6. The summed E-state index contributed by atoms with van der Waals surface area (Å²) in [5.74, 6) is 0.344. The van der Waals surface area contributed by atoms with E-state index in [1.807, 2.05) is 50.2 Å². The molecule has 6 nitrogen and oxygen atoms in total. The molecule has 30 heavy (non-hydrogen) atoms. The van der Waals surface area contributed by atoms with Crippen molar-refractivity contribution < 1.29 is 14.3 Å². The number of para-hydroxylation sites is 1. The van der Waals surface area contributed by atoms with Gasteiger partial charge in [0, 0.05) is 18.7 Å². The molecule has 0 aliphatic carbocycles. The summed E-state index contributed by atoms with van der Waals surface area (Å²) in [7, 11) is 1.60. The van der Waals surface area contributed by atoms with Crippen LogP contribution in [0.3, 0.4) is 0 Å². The van der Waals surface area contributed by atoms with Gasteiger partial charge in [0.25, 0.3) is 0 Å². The minimum absolute atomic E-state index is 0. The van der Waals surface area contributed by atoms with E-state index in [9.17, 15) is 9.59 Å². The molecule has 0 saturated carbocycles. The van der Waals surface area contributed by atoms with E-state index in [-0.39, 0.29) is 36.2 Å². The number of hydrogen-bond acceptors (Lipinski definition) is 4. The van der Waals surface area contributed by atoms with Crippen LogP contribution in [0.4, 0.5) is 0 Å². The Balaban J connectivity index is 0.00000320. The quantitative estimate of drug-likeness (QED) is 0.629. The largest absolute Gasteiger partial charge is 0.496 e. The van der Waals surface area contributed by atoms with Crippen LogP contribution >= 0.6 is 12.4 Å². The molecule has 0 saturated heterocycles. The van der Waals surface area contributed by atoms with Gasteiger partial charge in [-0.05, 0) is 29.5 Å². The van der Waals surface area contributed by atoms with Gasteiger partial charge in [0.2, 0.25) is 11.8 Å². The van der Waals surface area contributed by atoms with Crippen molar-refractivity contribution in [1.82, 2.24) is 16.0 Å². The minimum Gasteiger partial charge on any atom is -0.496 e. The van der Waals surface area contributed by atoms with Gasteiger partial charge in [0.05, 0.1) is 13.2 Å². The molecular formula is C23H30ClN3O3. The van der Waals surface area contributed by atoms with E-state index in [0.717, 1.165) is 11.3 Å². The highest BCUT2D eigenvalue weighted by Crippen LogP contribution is 2.18. The van der Waals surface area contributed by atoms with Gasteiger partial charge in [-0.25, -0.2) is 0 Å². The lowest BCUT2D eigenvalue weighted by Gasteiger charge is -2.28. The molecule has 162 valence electrons. The lowest BCUT2D eigenvalue weighted by molar-refractivity contribution is -0.131. The van der Waals surface area contributed by atoms with Gasteiger partial charge in [-0.1, -0.05) is 56.3 Å². The molecule has 0 bridgehead atoms. The SMILES string of the molecule is COc1ccccc1CNC(=O)[C@H](NC(=O)[C@@H]1Cc2ccccc2CN1)C(C)C.Cl. The van der Waals surface area contributed by atoms with Crippen LogP contribution in [0, 0.1) is 5.92 Å². The molecule has 1 aliphatic rings. The van der Waals surface area contributed by atoms with Crippen molar-refractivity contribution in [2.24, 2.45) is 5.92 Å². The highest BCUT2D eigenvalue weighted by atomic mass is 35.5. The molecule has 1 aliphatic heterocycles. The fourth-order valence-electron chi connectivity index (χ4n) is 3.57. The van der Waals surface area contributed by atoms with Crippen molar-refractivity contribution in [3.8, 4) is 5.75 Å². The van der Waals surface area contributed by atoms with Crippen molar-refractivity contribution in [2.75, 3.05) is 7.11 Å². The second kappa shape index (κ2) is 11.0. The van der Waals surface area contributed by atoms with E-state index in [2.05, 4.69) is 28.1 Å². The molecule has 1 heterocycles. The molecule has 0 aromatic heterocycles. The van der Waals surface area contributed by atoms with Gasteiger partial charge >= 0.3 is 0 Å². The zero-order valence-electron chi connectivity index (χ0n) is 17.6. The standard InChI is InChI=1S/C23H29N3O3.ClH/c1-15(2)21(23(28)25-14-18-10-6-7-11-20(18)29-3)26-22(27)19-12-16-8-4-5-9-17(16)13-24-19;/h4-11,15,19,21,24H,12-14H2,1-3H3,(H,25,28)(H,26,27);1H/t19-,21+;/m0./s1. The maximum absolute atomic E-state index is 12.8. The van der Waals surface area contributed by atoms with Crippen LogP contribution in [0.25, 0.3) is 0 Å². The predicted molar refractivity (Wildman–Crippen MR) is 120 cm³/mol. The molecule has 2 aromatic carbocycles. The Morgan fingerprint density at radius 3 is 2.47 bits per heavy atom. The van der Waals surface area contributed by atoms with Crippen LogP contribution in [0.2, 0.25) is 0 Å². The van der Waals surface area contributed by atoms with Crippen molar-refractivity contribution in [1.29, 1.82) is 0 Å². The summed E-state index contributed by atoms with van der Waals surface area (Å²) in [5.41, 5.74) is 3.28. The van der Waals surface area contributed by atoms with Crippen molar-refractivity contribution in [3.63, 3.8) is 0 Å². The smallest absolute Gasteiger partial charge is 0.243 e. The van der Waals surface area contributed by atoms with Gasteiger partial charge < -0.3 is 20.7 Å². The third-order valence-electron chi connectivity index (χ3n) is 5.29. The first-order valence-corrected chi connectivity index (χ1v) is 9.99. The minimum atomic E-state index is -0.601. The zero-order valence-corrected chi connectivity index (χ0v) is 18.4. The molecule has 3 rings (SSSR count). The average Bonchev–Trinajstić information content (AvgIpc) is 2.75. The fourth-order valence-corrected chi connectivity index (χ4v) is 3.57. The lowest BCUT2D eigenvalue weighted by Crippen LogP contribution is -2.55. The van der Waals surface area contributed by atoms with Crippen LogP contribution < -0.4 is 20.7 Å². The van der Waals surface area contributed by atoms with Crippen molar-refractivity contribution in [3.05, 3.63) is 65.2 Å². The topological polar surface area (TPSA) is 79.5 Å². The summed E-state index contributed by atoms with van der Waals surface area (Å²) in [6.45, 7) is 4.85. The number of fused-ring (bicyclic) bond motifs is 1. The van der Waals surface area contributed by atoms with Gasteiger partial charge in [-0.2, -0.15) is 0 Å². The third-order valence-corrected chi connectivity index (χ3v) is 5.29. The summed E-state index contributed by atoms with van der Waals surface area (Å²) < 4.78 is 5.33. The second-order valence-corrected chi connectivity index (χ2v) is 7.67.